The van der Waals surface area contributed by atoms with Gasteiger partial charge in [-0.3, -0.25) is 9.69 Å². The molecule has 2 aliphatic heterocycles. The Labute approximate surface area is 171 Å². The largest absolute Gasteiger partial charge is 0.502 e. The number of ether oxygens (including phenoxy) is 2. The third-order valence-corrected chi connectivity index (χ3v) is 6.42. The van der Waals surface area contributed by atoms with E-state index in [1.165, 1.54) is 25.3 Å². The number of aromatic hydroxyl groups is 1. The first-order chi connectivity index (χ1) is 13.9. The number of fused-ring (bicyclic) bond motifs is 1. The minimum absolute atomic E-state index is 0.0535. The summed E-state index contributed by atoms with van der Waals surface area (Å²) in [6.07, 6.45) is 0. The number of amides is 1. The molecule has 0 radical (unpaired) electrons. The summed E-state index contributed by atoms with van der Waals surface area (Å²) in [6.45, 7) is 4.60. The summed E-state index contributed by atoms with van der Waals surface area (Å²) in [5.41, 5.74) is 3.12. The van der Waals surface area contributed by atoms with Crippen LogP contribution in [0.5, 0.6) is 17.2 Å². The number of phenols is 1. The summed E-state index contributed by atoms with van der Waals surface area (Å²) >= 11 is 0. The van der Waals surface area contributed by atoms with E-state index in [0.29, 0.717) is 23.4 Å². The minimum atomic E-state index is -0.0916. The lowest BCUT2D eigenvalue weighted by atomic mass is 9.88. The summed E-state index contributed by atoms with van der Waals surface area (Å²) < 4.78 is 10.4. The molecule has 0 spiro atoms. The summed E-state index contributed by atoms with van der Waals surface area (Å²) in [6, 6.07) is 12.0. The number of methoxy groups -OCH3 is 2. The molecule has 1 N–H and O–H groups in total. The number of carbonyl (C=O) groups excluding carboxylic acids is 1. The van der Waals surface area contributed by atoms with E-state index in [0.717, 1.165) is 19.6 Å². The molecule has 2 aromatic rings. The second-order valence-corrected chi connectivity index (χ2v) is 8.10. The van der Waals surface area contributed by atoms with Crippen LogP contribution in [0.4, 0.5) is 0 Å². The van der Waals surface area contributed by atoms with Crippen LogP contribution in [0.1, 0.15) is 27.5 Å². The normalized spacial score (nSPS) is 23.9. The van der Waals surface area contributed by atoms with Crippen molar-refractivity contribution in [3.05, 3.63) is 53.1 Å². The van der Waals surface area contributed by atoms with Gasteiger partial charge in [0.05, 0.1) is 14.2 Å². The van der Waals surface area contributed by atoms with E-state index >= 15 is 0 Å². The van der Waals surface area contributed by atoms with Crippen LogP contribution in [-0.4, -0.2) is 61.7 Å². The molecule has 2 heterocycles. The standard InChI is InChI=1S/C23H28N2O4/c1-14-7-5-6-8-17(14)21-18-13-25(12-16(18)11-24(21)2)23(27)15-9-19(28-3)22(26)20(10-15)29-4/h5-10,16,18,21,26H,11-13H2,1-4H3/t16-,18+,21-/m0/s1. The Hall–Kier alpha value is -2.73. The monoisotopic (exact) mass is 396 g/mol. The Kier molecular flexibility index (Phi) is 5.13. The molecule has 154 valence electrons. The molecule has 2 aliphatic rings. The van der Waals surface area contributed by atoms with Crippen LogP contribution in [0.15, 0.2) is 36.4 Å². The zero-order valence-corrected chi connectivity index (χ0v) is 17.4. The van der Waals surface area contributed by atoms with E-state index in [-0.39, 0.29) is 23.2 Å². The number of carbonyl (C=O) groups is 1. The molecule has 0 aromatic heterocycles. The Bertz CT molecular complexity index is 904. The highest BCUT2D eigenvalue weighted by Crippen LogP contribution is 2.45. The Morgan fingerprint density at radius 1 is 1.07 bits per heavy atom. The second kappa shape index (κ2) is 7.59. The maximum Gasteiger partial charge on any atom is 0.254 e. The van der Waals surface area contributed by atoms with Gasteiger partial charge in [0.2, 0.25) is 5.75 Å². The first-order valence-corrected chi connectivity index (χ1v) is 9.94. The van der Waals surface area contributed by atoms with Crippen molar-refractivity contribution < 1.29 is 19.4 Å². The summed E-state index contributed by atoms with van der Waals surface area (Å²) in [7, 11) is 5.11. The van der Waals surface area contributed by atoms with Crippen molar-refractivity contribution in [1.29, 1.82) is 0 Å². The van der Waals surface area contributed by atoms with Crippen LogP contribution in [0.3, 0.4) is 0 Å². The number of rotatable bonds is 4. The maximum atomic E-state index is 13.2. The molecule has 0 saturated carbocycles. The predicted molar refractivity (Wildman–Crippen MR) is 111 cm³/mol. The number of hydrogen-bond donors (Lipinski definition) is 1. The Morgan fingerprint density at radius 3 is 2.34 bits per heavy atom. The van der Waals surface area contributed by atoms with Gasteiger partial charge in [0.25, 0.3) is 5.91 Å². The van der Waals surface area contributed by atoms with Gasteiger partial charge in [-0.05, 0) is 43.1 Å². The molecule has 4 rings (SSSR count). The smallest absolute Gasteiger partial charge is 0.254 e. The fourth-order valence-electron chi connectivity index (χ4n) is 5.01. The SMILES string of the molecule is COc1cc(C(=O)N2C[C@@H]3CN(C)[C@@H](c4ccccc4C)[C@@H]3C2)cc(OC)c1O. The second-order valence-electron chi connectivity index (χ2n) is 8.10. The van der Waals surface area contributed by atoms with E-state index in [1.54, 1.807) is 12.1 Å². The van der Waals surface area contributed by atoms with Gasteiger partial charge in [-0.2, -0.15) is 0 Å². The van der Waals surface area contributed by atoms with Crippen molar-refractivity contribution in [2.45, 2.75) is 13.0 Å². The third kappa shape index (κ3) is 3.31. The molecule has 0 aliphatic carbocycles. The van der Waals surface area contributed by atoms with Crippen molar-refractivity contribution in [3.8, 4) is 17.2 Å². The lowest BCUT2D eigenvalue weighted by Gasteiger charge is -2.28. The fraction of sp³-hybridized carbons (Fsp3) is 0.435. The highest BCUT2D eigenvalue weighted by Gasteiger charge is 2.47. The van der Waals surface area contributed by atoms with Crippen LogP contribution in [0, 0.1) is 18.8 Å². The molecule has 2 aromatic carbocycles. The van der Waals surface area contributed by atoms with E-state index in [4.69, 9.17) is 9.47 Å². The summed E-state index contributed by atoms with van der Waals surface area (Å²) in [5, 5.41) is 10.1. The van der Waals surface area contributed by atoms with Crippen LogP contribution in [0.2, 0.25) is 0 Å². The van der Waals surface area contributed by atoms with E-state index in [9.17, 15) is 9.90 Å². The average molecular weight is 396 g/mol. The van der Waals surface area contributed by atoms with Gasteiger partial charge >= 0.3 is 0 Å². The Balaban J connectivity index is 1.59. The van der Waals surface area contributed by atoms with Crippen molar-refractivity contribution in [1.82, 2.24) is 9.80 Å². The number of nitrogens with zero attached hydrogens (tertiary/aromatic N) is 2. The molecule has 0 bridgehead atoms. The first kappa shape index (κ1) is 19.6. The van der Waals surface area contributed by atoms with Crippen molar-refractivity contribution in [3.63, 3.8) is 0 Å². The number of likely N-dealkylation sites (tertiary alicyclic amines) is 2. The third-order valence-electron chi connectivity index (χ3n) is 6.42. The van der Waals surface area contributed by atoms with Crippen LogP contribution < -0.4 is 9.47 Å². The average Bonchev–Trinajstić information content (AvgIpc) is 3.25. The molecule has 2 fully saturated rings. The van der Waals surface area contributed by atoms with Crippen LogP contribution in [0.25, 0.3) is 0 Å². The molecule has 0 unspecified atom stereocenters. The summed E-state index contributed by atoms with van der Waals surface area (Å²) in [4.78, 5) is 17.6. The quantitative estimate of drug-likeness (QED) is 0.861. The molecule has 1 amide bonds. The lowest BCUT2D eigenvalue weighted by molar-refractivity contribution is 0.0767. The van der Waals surface area contributed by atoms with Gasteiger partial charge in [-0.15, -0.1) is 0 Å². The molecule has 6 heteroatoms. The maximum absolute atomic E-state index is 13.2. The zero-order valence-electron chi connectivity index (χ0n) is 17.4. The molecule has 3 atom stereocenters. The zero-order chi connectivity index (χ0) is 20.7. The van der Waals surface area contributed by atoms with Crippen LogP contribution in [-0.2, 0) is 0 Å². The lowest BCUT2D eigenvalue weighted by Crippen LogP contribution is -2.33. The van der Waals surface area contributed by atoms with Gasteiger partial charge in [0.1, 0.15) is 0 Å². The predicted octanol–water partition coefficient (Wildman–Crippen LogP) is 3.09. The van der Waals surface area contributed by atoms with Crippen molar-refractivity contribution in [2.75, 3.05) is 40.9 Å². The van der Waals surface area contributed by atoms with Crippen molar-refractivity contribution in [2.24, 2.45) is 11.8 Å². The number of phenolic OH excluding ortho intramolecular Hbond substituents is 1. The number of aryl methyl sites for hydroxylation is 1. The highest BCUT2D eigenvalue weighted by molar-refractivity contribution is 5.96. The first-order valence-electron chi connectivity index (χ1n) is 9.94. The van der Waals surface area contributed by atoms with Gasteiger partial charge in [0, 0.05) is 37.2 Å². The topological polar surface area (TPSA) is 62.2 Å². The molecule has 6 nitrogen and oxygen atoms in total. The summed E-state index contributed by atoms with van der Waals surface area (Å²) in [5.74, 6) is 1.20. The van der Waals surface area contributed by atoms with Gasteiger partial charge < -0.3 is 19.5 Å². The molecular formula is C23H28N2O4. The van der Waals surface area contributed by atoms with E-state index < -0.39 is 0 Å². The van der Waals surface area contributed by atoms with Gasteiger partial charge in [0.15, 0.2) is 11.5 Å². The Morgan fingerprint density at radius 2 is 1.72 bits per heavy atom. The minimum Gasteiger partial charge on any atom is -0.502 e. The van der Waals surface area contributed by atoms with E-state index in [2.05, 4.69) is 43.1 Å². The van der Waals surface area contributed by atoms with Gasteiger partial charge in [-0.25, -0.2) is 0 Å². The molecule has 2 saturated heterocycles. The fourth-order valence-corrected chi connectivity index (χ4v) is 5.01. The molecular weight excluding hydrogens is 368 g/mol. The number of hydrogen-bond acceptors (Lipinski definition) is 5. The van der Waals surface area contributed by atoms with Gasteiger partial charge in [-0.1, -0.05) is 24.3 Å². The van der Waals surface area contributed by atoms with E-state index in [1.807, 2.05) is 4.90 Å². The number of benzene rings is 2. The highest BCUT2D eigenvalue weighted by atomic mass is 16.5. The van der Waals surface area contributed by atoms with Crippen molar-refractivity contribution >= 4 is 5.91 Å². The molecule has 29 heavy (non-hydrogen) atoms. The van der Waals surface area contributed by atoms with Crippen LogP contribution >= 0.6 is 0 Å².